The fraction of sp³-hybridized carbons (Fsp3) is 0.125. The van der Waals surface area contributed by atoms with Crippen molar-refractivity contribution in [2.45, 2.75) is 6.10 Å². The Morgan fingerprint density at radius 1 is 1.00 bits per heavy atom. The van der Waals surface area contributed by atoms with Crippen molar-refractivity contribution in [1.29, 1.82) is 0 Å². The molecule has 2 amide bonds. The van der Waals surface area contributed by atoms with Gasteiger partial charge in [-0.1, -0.05) is 59.6 Å². The number of aliphatic hydroxyl groups excluding tert-OH is 1. The molecule has 2 rings (SSSR count). The van der Waals surface area contributed by atoms with Gasteiger partial charge in [0, 0.05) is 6.54 Å². The largest absolute Gasteiger partial charge is 0.387 e. The maximum Gasteiger partial charge on any atom is 0.313 e. The summed E-state index contributed by atoms with van der Waals surface area (Å²) in [6.07, 6.45) is -0.900. The molecule has 5 nitrogen and oxygen atoms in total. The molecule has 0 aliphatic carbocycles. The van der Waals surface area contributed by atoms with E-state index in [1.54, 1.807) is 36.4 Å². The second kappa shape index (κ2) is 7.97. The molecular formula is C16H14Cl2N2O3. The number of anilines is 1. The summed E-state index contributed by atoms with van der Waals surface area (Å²) >= 11 is 11.8. The molecule has 1 atom stereocenters. The van der Waals surface area contributed by atoms with E-state index in [-0.39, 0.29) is 22.3 Å². The minimum Gasteiger partial charge on any atom is -0.387 e. The molecule has 0 saturated heterocycles. The lowest BCUT2D eigenvalue weighted by molar-refractivity contribution is -0.136. The zero-order valence-electron chi connectivity index (χ0n) is 11.9. The first-order valence-corrected chi connectivity index (χ1v) is 7.51. The third-order valence-electron chi connectivity index (χ3n) is 3.05. The summed E-state index contributed by atoms with van der Waals surface area (Å²) in [5.41, 5.74) is 0.883. The highest BCUT2D eigenvalue weighted by Crippen LogP contribution is 2.29. The minimum absolute atomic E-state index is 0.0838. The van der Waals surface area contributed by atoms with Crippen LogP contribution in [-0.4, -0.2) is 23.5 Å². The average Bonchev–Trinajstić information content (AvgIpc) is 2.57. The molecule has 0 aliphatic rings. The first kappa shape index (κ1) is 17.3. The van der Waals surface area contributed by atoms with Crippen LogP contribution in [0.4, 0.5) is 5.69 Å². The van der Waals surface area contributed by atoms with Crippen LogP contribution in [0.15, 0.2) is 48.5 Å². The van der Waals surface area contributed by atoms with Crippen LogP contribution in [0.1, 0.15) is 11.7 Å². The molecule has 0 aromatic heterocycles. The Hall–Kier alpha value is -2.08. The van der Waals surface area contributed by atoms with Crippen LogP contribution >= 0.6 is 23.2 Å². The topological polar surface area (TPSA) is 78.4 Å². The van der Waals surface area contributed by atoms with Crippen molar-refractivity contribution in [2.24, 2.45) is 0 Å². The second-order valence-corrected chi connectivity index (χ2v) is 5.48. The van der Waals surface area contributed by atoms with Crippen molar-refractivity contribution < 1.29 is 14.7 Å². The van der Waals surface area contributed by atoms with E-state index < -0.39 is 17.9 Å². The standard InChI is InChI=1S/C16H14Cl2N2O3/c17-11-7-4-8-12(14(11)18)20-16(23)15(22)19-9-13(21)10-5-2-1-3-6-10/h1-8,13,21H,9H2,(H,19,22)(H,20,23)/t13-/m0/s1. The molecule has 2 aromatic rings. The Bertz CT molecular complexity index is 708. The molecule has 0 bridgehead atoms. The van der Waals surface area contributed by atoms with Gasteiger partial charge in [-0.2, -0.15) is 0 Å². The quantitative estimate of drug-likeness (QED) is 0.740. The van der Waals surface area contributed by atoms with E-state index in [1.807, 2.05) is 6.07 Å². The number of hydrogen-bond donors (Lipinski definition) is 3. The van der Waals surface area contributed by atoms with E-state index in [0.29, 0.717) is 5.56 Å². The number of benzene rings is 2. The van der Waals surface area contributed by atoms with E-state index in [2.05, 4.69) is 10.6 Å². The molecule has 0 saturated carbocycles. The number of amides is 2. The van der Waals surface area contributed by atoms with Crippen LogP contribution < -0.4 is 10.6 Å². The number of carbonyl (C=O) groups is 2. The van der Waals surface area contributed by atoms with Gasteiger partial charge in [0.2, 0.25) is 0 Å². The third kappa shape index (κ3) is 4.69. The Balaban J connectivity index is 1.90. The maximum absolute atomic E-state index is 11.8. The van der Waals surface area contributed by atoms with Gasteiger partial charge in [-0.3, -0.25) is 9.59 Å². The van der Waals surface area contributed by atoms with Crippen LogP contribution in [0.3, 0.4) is 0 Å². The summed E-state index contributed by atoms with van der Waals surface area (Å²) in [7, 11) is 0. The lowest BCUT2D eigenvalue weighted by atomic mass is 10.1. The summed E-state index contributed by atoms with van der Waals surface area (Å²) in [4.78, 5) is 23.6. The third-order valence-corrected chi connectivity index (χ3v) is 3.87. The molecule has 0 spiro atoms. The molecule has 0 heterocycles. The molecule has 0 aliphatic heterocycles. The van der Waals surface area contributed by atoms with Crippen molar-refractivity contribution >= 4 is 40.7 Å². The van der Waals surface area contributed by atoms with E-state index in [0.717, 1.165) is 0 Å². The van der Waals surface area contributed by atoms with Gasteiger partial charge in [0.1, 0.15) is 0 Å². The van der Waals surface area contributed by atoms with E-state index >= 15 is 0 Å². The van der Waals surface area contributed by atoms with Crippen molar-refractivity contribution in [3.05, 3.63) is 64.1 Å². The van der Waals surface area contributed by atoms with Gasteiger partial charge in [-0.05, 0) is 17.7 Å². The number of carbonyl (C=O) groups excluding carboxylic acids is 2. The Kier molecular flexibility index (Phi) is 5.98. The fourth-order valence-corrected chi connectivity index (χ4v) is 2.19. The van der Waals surface area contributed by atoms with Crippen molar-refractivity contribution in [1.82, 2.24) is 5.32 Å². The van der Waals surface area contributed by atoms with Gasteiger partial charge in [-0.25, -0.2) is 0 Å². The first-order chi connectivity index (χ1) is 11.0. The van der Waals surface area contributed by atoms with Gasteiger partial charge < -0.3 is 15.7 Å². The zero-order valence-corrected chi connectivity index (χ0v) is 13.4. The molecule has 23 heavy (non-hydrogen) atoms. The summed E-state index contributed by atoms with van der Waals surface area (Å²) in [5, 5.41) is 15.1. The van der Waals surface area contributed by atoms with Crippen molar-refractivity contribution in [2.75, 3.05) is 11.9 Å². The Morgan fingerprint density at radius 3 is 2.39 bits per heavy atom. The number of halogens is 2. The highest BCUT2D eigenvalue weighted by atomic mass is 35.5. The molecule has 120 valence electrons. The summed E-state index contributed by atoms with van der Waals surface area (Å²) in [5.74, 6) is -1.77. The predicted molar refractivity (Wildman–Crippen MR) is 89.5 cm³/mol. The van der Waals surface area contributed by atoms with Crippen LogP contribution in [0.5, 0.6) is 0 Å². The zero-order chi connectivity index (χ0) is 16.8. The summed E-state index contributed by atoms with van der Waals surface area (Å²) in [6, 6.07) is 13.5. The van der Waals surface area contributed by atoms with E-state index in [9.17, 15) is 14.7 Å². The lowest BCUT2D eigenvalue weighted by Crippen LogP contribution is -2.37. The van der Waals surface area contributed by atoms with Gasteiger partial charge in [0.15, 0.2) is 0 Å². The number of aliphatic hydroxyl groups is 1. The van der Waals surface area contributed by atoms with Crippen LogP contribution in [-0.2, 0) is 9.59 Å². The SMILES string of the molecule is O=C(NC[C@H](O)c1ccccc1)C(=O)Nc1cccc(Cl)c1Cl. The highest BCUT2D eigenvalue weighted by Gasteiger charge is 2.17. The average molecular weight is 353 g/mol. The normalized spacial score (nSPS) is 11.6. The van der Waals surface area contributed by atoms with Gasteiger partial charge >= 0.3 is 11.8 Å². The lowest BCUT2D eigenvalue weighted by Gasteiger charge is -2.12. The van der Waals surface area contributed by atoms with Crippen molar-refractivity contribution in [3.8, 4) is 0 Å². The fourth-order valence-electron chi connectivity index (χ4n) is 1.84. The van der Waals surface area contributed by atoms with E-state index in [4.69, 9.17) is 23.2 Å². The molecule has 2 aromatic carbocycles. The van der Waals surface area contributed by atoms with Crippen LogP contribution in [0.2, 0.25) is 10.0 Å². The highest BCUT2D eigenvalue weighted by molar-refractivity contribution is 6.45. The minimum atomic E-state index is -0.900. The molecule has 0 radical (unpaired) electrons. The second-order valence-electron chi connectivity index (χ2n) is 4.69. The van der Waals surface area contributed by atoms with E-state index in [1.165, 1.54) is 6.07 Å². The Morgan fingerprint density at radius 2 is 1.70 bits per heavy atom. The molecular weight excluding hydrogens is 339 g/mol. The molecule has 3 N–H and O–H groups in total. The molecule has 7 heteroatoms. The summed E-state index contributed by atoms with van der Waals surface area (Å²) < 4.78 is 0. The smallest absolute Gasteiger partial charge is 0.313 e. The number of nitrogens with one attached hydrogen (secondary N) is 2. The maximum atomic E-state index is 11.8. The Labute approximate surface area is 143 Å². The van der Waals surface area contributed by atoms with Crippen LogP contribution in [0.25, 0.3) is 0 Å². The molecule has 0 fully saturated rings. The predicted octanol–water partition coefficient (Wildman–Crippen LogP) is 2.78. The van der Waals surface area contributed by atoms with Gasteiger partial charge in [0.25, 0.3) is 0 Å². The van der Waals surface area contributed by atoms with Crippen LogP contribution in [0, 0.1) is 0 Å². The summed E-state index contributed by atoms with van der Waals surface area (Å²) in [6.45, 7) is -0.0838. The van der Waals surface area contributed by atoms with Crippen molar-refractivity contribution in [3.63, 3.8) is 0 Å². The monoisotopic (exact) mass is 352 g/mol. The van der Waals surface area contributed by atoms with Gasteiger partial charge in [-0.15, -0.1) is 0 Å². The van der Waals surface area contributed by atoms with Gasteiger partial charge in [0.05, 0.1) is 21.8 Å². The number of rotatable bonds is 4. The first-order valence-electron chi connectivity index (χ1n) is 6.75. The molecule has 0 unspecified atom stereocenters. The number of hydrogen-bond acceptors (Lipinski definition) is 3.